The van der Waals surface area contributed by atoms with Gasteiger partial charge in [0.2, 0.25) is 0 Å². The van der Waals surface area contributed by atoms with Gasteiger partial charge in [-0.25, -0.2) is 20.1 Å². The van der Waals surface area contributed by atoms with E-state index in [-0.39, 0.29) is 0 Å². The van der Waals surface area contributed by atoms with Gasteiger partial charge in [-0.05, 0) is 37.5 Å². The molecule has 0 saturated heterocycles. The van der Waals surface area contributed by atoms with Crippen molar-refractivity contribution < 1.29 is 0 Å². The Kier molecular flexibility index (Phi) is 5.36. The van der Waals surface area contributed by atoms with Crippen molar-refractivity contribution in [2.75, 3.05) is 59.9 Å². The molecule has 0 heterocycles. The first-order valence-electron chi connectivity index (χ1n) is 8.89. The Labute approximate surface area is 161 Å². The quantitative estimate of drug-likeness (QED) is 0.393. The minimum atomic E-state index is -0.623. The second-order valence-corrected chi connectivity index (χ2v) is 17.6. The number of hydrogen-bond donors (Lipinski definition) is 2. The lowest BCUT2D eigenvalue weighted by atomic mass is 9.98. The van der Waals surface area contributed by atoms with Gasteiger partial charge in [0.05, 0.1) is 11.4 Å². The van der Waals surface area contributed by atoms with Crippen LogP contribution >= 0.6 is 20.1 Å². The van der Waals surface area contributed by atoms with Crippen molar-refractivity contribution in [1.29, 1.82) is 0 Å². The molecular formula is C22H32N2S2. The third-order valence-electron chi connectivity index (χ3n) is 4.30. The summed E-state index contributed by atoms with van der Waals surface area (Å²) in [5, 5.41) is 12.8. The van der Waals surface area contributed by atoms with Crippen molar-refractivity contribution in [2.45, 2.75) is 0 Å². The van der Waals surface area contributed by atoms with Gasteiger partial charge in [-0.2, -0.15) is 0 Å². The second-order valence-electron chi connectivity index (χ2n) is 8.66. The van der Waals surface area contributed by atoms with Gasteiger partial charge in [0.25, 0.3) is 0 Å². The van der Waals surface area contributed by atoms with Crippen LogP contribution in [0.4, 0.5) is 11.4 Å². The van der Waals surface area contributed by atoms with Gasteiger partial charge < -0.3 is 10.6 Å². The SMILES string of the molecule is CS(C)(C)CNc1c2ccccc2c(NCS(C)(C)C)c2ccccc12. The average molecular weight is 389 g/mol. The minimum Gasteiger partial charge on any atom is -0.376 e. The van der Waals surface area contributed by atoms with E-state index in [0.717, 1.165) is 11.8 Å². The summed E-state index contributed by atoms with van der Waals surface area (Å²) in [5.41, 5.74) is 2.54. The third-order valence-corrected chi connectivity index (χ3v) is 6.32. The van der Waals surface area contributed by atoms with E-state index in [1.165, 1.54) is 32.9 Å². The van der Waals surface area contributed by atoms with Crippen molar-refractivity contribution in [2.24, 2.45) is 0 Å². The van der Waals surface area contributed by atoms with E-state index < -0.39 is 20.1 Å². The van der Waals surface area contributed by atoms with Crippen LogP contribution in [0.2, 0.25) is 0 Å². The van der Waals surface area contributed by atoms with E-state index in [1.54, 1.807) is 0 Å². The molecule has 3 rings (SSSR count). The van der Waals surface area contributed by atoms with E-state index in [4.69, 9.17) is 0 Å². The summed E-state index contributed by atoms with van der Waals surface area (Å²) in [5.74, 6) is 2.06. The second kappa shape index (κ2) is 7.24. The molecule has 0 bridgehead atoms. The predicted octanol–water partition coefficient (Wildman–Crippen LogP) is 6.12. The van der Waals surface area contributed by atoms with Crippen LogP contribution in [-0.4, -0.2) is 49.3 Å². The highest BCUT2D eigenvalue weighted by Crippen LogP contribution is 2.43. The highest BCUT2D eigenvalue weighted by molar-refractivity contribution is 8.32. The summed E-state index contributed by atoms with van der Waals surface area (Å²) in [7, 11) is -1.25. The van der Waals surface area contributed by atoms with Crippen LogP contribution in [0, 0.1) is 0 Å². The molecule has 4 heteroatoms. The first kappa shape index (κ1) is 19.2. The molecule has 3 aromatic carbocycles. The van der Waals surface area contributed by atoms with Crippen molar-refractivity contribution in [3.8, 4) is 0 Å². The summed E-state index contributed by atoms with van der Waals surface area (Å²) in [4.78, 5) is 0. The first-order valence-corrected chi connectivity index (χ1v) is 14.9. The number of hydrogen-bond acceptors (Lipinski definition) is 2. The normalized spacial score (nSPS) is 13.8. The number of anilines is 2. The van der Waals surface area contributed by atoms with Gasteiger partial charge in [-0.3, -0.25) is 0 Å². The Hall–Kier alpha value is -1.52. The molecule has 3 aromatic rings. The van der Waals surface area contributed by atoms with Crippen LogP contribution in [0.5, 0.6) is 0 Å². The summed E-state index contributed by atoms with van der Waals surface area (Å²) < 4.78 is 0. The minimum absolute atomic E-state index is 0.623. The maximum absolute atomic E-state index is 3.78. The third kappa shape index (κ3) is 4.41. The van der Waals surface area contributed by atoms with E-state index in [0.29, 0.717) is 0 Å². The zero-order valence-corrected chi connectivity index (χ0v) is 18.5. The molecule has 0 atom stereocenters. The van der Waals surface area contributed by atoms with Gasteiger partial charge in [-0.15, -0.1) is 0 Å². The number of fused-ring (bicyclic) bond motifs is 2. The van der Waals surface area contributed by atoms with E-state index >= 15 is 0 Å². The number of rotatable bonds is 6. The van der Waals surface area contributed by atoms with E-state index in [9.17, 15) is 0 Å². The molecule has 0 saturated carbocycles. The Morgan fingerprint density at radius 1 is 0.538 bits per heavy atom. The van der Waals surface area contributed by atoms with Crippen molar-refractivity contribution >= 4 is 53.0 Å². The fourth-order valence-corrected chi connectivity index (χ4v) is 4.24. The zero-order valence-electron chi connectivity index (χ0n) is 16.8. The molecule has 142 valence electrons. The molecular weight excluding hydrogens is 356 g/mol. The Balaban J connectivity index is 2.21. The lowest BCUT2D eigenvalue weighted by Gasteiger charge is -2.29. The summed E-state index contributed by atoms with van der Waals surface area (Å²) >= 11 is 0. The molecule has 0 fully saturated rings. The monoisotopic (exact) mass is 388 g/mol. The smallest absolute Gasteiger partial charge is 0.0507 e. The molecule has 0 aromatic heterocycles. The van der Waals surface area contributed by atoms with Gasteiger partial charge in [-0.1, -0.05) is 48.5 Å². The standard InChI is InChI=1S/C22H32N2S2/c1-25(2,3)15-23-21-17-11-7-9-13-19(17)22(24-16-26(4,5)6)20-14-10-8-12-18(20)21/h7-14,23-24H,15-16H2,1-6H3. The van der Waals surface area contributed by atoms with Crippen molar-refractivity contribution in [3.05, 3.63) is 48.5 Å². The first-order chi connectivity index (χ1) is 12.2. The maximum Gasteiger partial charge on any atom is 0.0507 e. The van der Waals surface area contributed by atoms with Crippen molar-refractivity contribution in [1.82, 2.24) is 0 Å². The molecule has 2 nitrogen and oxygen atoms in total. The zero-order chi connectivity index (χ0) is 18.9. The molecule has 2 N–H and O–H groups in total. The average Bonchev–Trinajstić information content (AvgIpc) is 2.56. The van der Waals surface area contributed by atoms with Gasteiger partial charge in [0, 0.05) is 33.3 Å². The highest BCUT2D eigenvalue weighted by Gasteiger charge is 2.15. The molecule has 0 aliphatic heterocycles. The molecule has 0 amide bonds. The Morgan fingerprint density at radius 2 is 0.808 bits per heavy atom. The Morgan fingerprint density at radius 3 is 1.04 bits per heavy atom. The fraction of sp³-hybridized carbons (Fsp3) is 0.364. The fourth-order valence-electron chi connectivity index (χ4n) is 3.09. The van der Waals surface area contributed by atoms with Crippen LogP contribution in [0.3, 0.4) is 0 Å². The summed E-state index contributed by atoms with van der Waals surface area (Å²) in [6, 6.07) is 17.6. The van der Waals surface area contributed by atoms with E-state index in [1.807, 2.05) is 0 Å². The largest absolute Gasteiger partial charge is 0.376 e. The summed E-state index contributed by atoms with van der Waals surface area (Å²) in [6.45, 7) is 0. The lowest BCUT2D eigenvalue weighted by Crippen LogP contribution is -2.12. The van der Waals surface area contributed by atoms with Crippen molar-refractivity contribution in [3.63, 3.8) is 0 Å². The van der Waals surface area contributed by atoms with Gasteiger partial charge in [0.1, 0.15) is 0 Å². The van der Waals surface area contributed by atoms with Crippen LogP contribution in [0.1, 0.15) is 0 Å². The highest BCUT2D eigenvalue weighted by atomic mass is 32.3. The van der Waals surface area contributed by atoms with Crippen LogP contribution in [0.15, 0.2) is 48.5 Å². The van der Waals surface area contributed by atoms with Crippen LogP contribution in [0.25, 0.3) is 21.5 Å². The van der Waals surface area contributed by atoms with Crippen LogP contribution in [-0.2, 0) is 0 Å². The van der Waals surface area contributed by atoms with Gasteiger partial charge >= 0.3 is 0 Å². The number of benzene rings is 3. The number of nitrogens with one attached hydrogen (secondary N) is 2. The molecule has 0 aliphatic rings. The molecule has 0 unspecified atom stereocenters. The molecule has 0 aliphatic carbocycles. The molecule has 0 radical (unpaired) electrons. The molecule has 26 heavy (non-hydrogen) atoms. The lowest BCUT2D eigenvalue weighted by molar-refractivity contribution is 1.46. The van der Waals surface area contributed by atoms with E-state index in [2.05, 4.69) is 96.7 Å². The van der Waals surface area contributed by atoms with Crippen LogP contribution < -0.4 is 10.6 Å². The van der Waals surface area contributed by atoms with Gasteiger partial charge in [0.15, 0.2) is 0 Å². The predicted molar refractivity (Wildman–Crippen MR) is 129 cm³/mol. The Bertz CT molecular complexity index is 788. The summed E-state index contributed by atoms with van der Waals surface area (Å²) in [6.07, 6.45) is 14.1. The maximum atomic E-state index is 3.78. The topological polar surface area (TPSA) is 24.1 Å². The molecule has 0 spiro atoms.